The number of halogens is 3. The number of hydrogen-bond acceptors (Lipinski definition) is 6. The third-order valence-electron chi connectivity index (χ3n) is 5.85. The smallest absolute Gasteiger partial charge is 0.267 e. The quantitative estimate of drug-likeness (QED) is 0.395. The Morgan fingerprint density at radius 1 is 1.23 bits per heavy atom. The van der Waals surface area contributed by atoms with E-state index in [9.17, 15) is 12.8 Å². The zero-order chi connectivity index (χ0) is 24.7. The van der Waals surface area contributed by atoms with Crippen LogP contribution >= 0.6 is 11.6 Å². The molecule has 1 aliphatic heterocycles. The molecule has 0 bridgehead atoms. The van der Waals surface area contributed by atoms with Crippen LogP contribution in [0.5, 0.6) is 5.88 Å². The molecule has 0 saturated carbocycles. The highest BCUT2D eigenvalue weighted by Crippen LogP contribution is 2.37. The summed E-state index contributed by atoms with van der Waals surface area (Å²) >= 11 is 5.89. The minimum atomic E-state index is -4.34. The van der Waals surface area contributed by atoms with Gasteiger partial charge in [-0.25, -0.2) is 32.2 Å². The van der Waals surface area contributed by atoms with Crippen molar-refractivity contribution in [2.24, 2.45) is 0 Å². The van der Waals surface area contributed by atoms with Crippen molar-refractivity contribution < 1.29 is 21.9 Å². The number of sulfonamides is 1. The first-order valence-corrected chi connectivity index (χ1v) is 12.4. The van der Waals surface area contributed by atoms with E-state index < -0.39 is 33.3 Å². The summed E-state index contributed by atoms with van der Waals surface area (Å²) < 4.78 is 65.5. The van der Waals surface area contributed by atoms with E-state index in [1.54, 1.807) is 18.6 Å². The molecule has 182 valence electrons. The summed E-state index contributed by atoms with van der Waals surface area (Å²) in [7, 11) is -3.09. The first-order chi connectivity index (χ1) is 16.8. The topological polar surface area (TPSA) is 115 Å². The van der Waals surface area contributed by atoms with E-state index in [1.165, 1.54) is 13.3 Å². The molecule has 4 heterocycles. The maximum absolute atomic E-state index is 15.6. The lowest BCUT2D eigenvalue weighted by molar-refractivity contribution is 0.385. The van der Waals surface area contributed by atoms with Crippen molar-refractivity contribution in [3.05, 3.63) is 70.9 Å². The molecule has 35 heavy (non-hydrogen) atoms. The van der Waals surface area contributed by atoms with Crippen LogP contribution in [-0.2, 0) is 23.0 Å². The number of fused-ring (bicyclic) bond motifs is 1. The molecule has 3 aromatic heterocycles. The number of imidazole rings is 2. The second-order valence-corrected chi connectivity index (χ2v) is 10.0. The average Bonchev–Trinajstić information content (AvgIpc) is 3.50. The second-order valence-electron chi connectivity index (χ2n) is 7.94. The summed E-state index contributed by atoms with van der Waals surface area (Å²) in [6.45, 7) is 0.469. The Hall–Kier alpha value is -3.51. The van der Waals surface area contributed by atoms with Gasteiger partial charge in [0.25, 0.3) is 10.0 Å². The average molecular weight is 521 g/mol. The van der Waals surface area contributed by atoms with Crippen LogP contribution in [-0.4, -0.2) is 40.0 Å². The number of aromatic nitrogens is 5. The van der Waals surface area contributed by atoms with Gasteiger partial charge in [-0.05, 0) is 37.0 Å². The van der Waals surface area contributed by atoms with E-state index in [1.807, 2.05) is 4.57 Å². The zero-order valence-corrected chi connectivity index (χ0v) is 19.9. The van der Waals surface area contributed by atoms with Crippen molar-refractivity contribution in [2.75, 3.05) is 11.8 Å². The standard InChI is InChI=1S/C22H19ClF2N6O3S/c1-34-22-17(9-13(23)10-29-22)35(32,33)30-16-3-2-15(24)18(19(16)25)12-4-7-31-14(8-12)11-28-21(31)20-26-5-6-27-20/h2-3,5-6,9-12,30H,4,7-8H2,1H3,(H,26,27)/t12-/m0/s1. The van der Waals surface area contributed by atoms with Gasteiger partial charge in [0.15, 0.2) is 22.4 Å². The first-order valence-electron chi connectivity index (χ1n) is 10.5. The molecular weight excluding hydrogens is 502 g/mol. The highest BCUT2D eigenvalue weighted by Gasteiger charge is 2.30. The fourth-order valence-electron chi connectivity index (χ4n) is 4.26. The van der Waals surface area contributed by atoms with Gasteiger partial charge in [0.2, 0.25) is 5.88 Å². The fraction of sp³-hybridized carbons (Fsp3) is 0.227. The second kappa shape index (κ2) is 8.93. The van der Waals surface area contributed by atoms with E-state index in [4.69, 9.17) is 16.3 Å². The molecule has 0 unspecified atom stereocenters. The number of hydrogen-bond donors (Lipinski definition) is 2. The molecule has 1 aromatic carbocycles. The highest BCUT2D eigenvalue weighted by atomic mass is 35.5. The normalized spacial score (nSPS) is 15.6. The predicted octanol–water partition coefficient (Wildman–Crippen LogP) is 4.14. The number of ether oxygens (including phenoxy) is 1. The largest absolute Gasteiger partial charge is 0.480 e. The Kier molecular flexibility index (Phi) is 5.93. The molecule has 0 fully saturated rings. The van der Waals surface area contributed by atoms with Crippen molar-refractivity contribution in [2.45, 2.75) is 30.2 Å². The molecule has 13 heteroatoms. The van der Waals surface area contributed by atoms with Gasteiger partial charge in [-0.1, -0.05) is 11.6 Å². The number of methoxy groups -OCH3 is 1. The summed E-state index contributed by atoms with van der Waals surface area (Å²) in [4.78, 5) is 15.1. The van der Waals surface area contributed by atoms with Crippen molar-refractivity contribution in [1.29, 1.82) is 0 Å². The van der Waals surface area contributed by atoms with Crippen LogP contribution in [0.15, 0.2) is 47.9 Å². The van der Waals surface area contributed by atoms with Crippen molar-refractivity contribution >= 4 is 27.3 Å². The van der Waals surface area contributed by atoms with E-state index in [2.05, 4.69) is 24.7 Å². The Bertz CT molecular complexity index is 1510. The van der Waals surface area contributed by atoms with E-state index in [0.717, 1.165) is 23.9 Å². The van der Waals surface area contributed by atoms with E-state index >= 15 is 4.39 Å². The fourth-order valence-corrected chi connectivity index (χ4v) is 5.69. The lowest BCUT2D eigenvalue weighted by Gasteiger charge is -2.26. The lowest BCUT2D eigenvalue weighted by atomic mass is 9.88. The summed E-state index contributed by atoms with van der Waals surface area (Å²) in [5, 5.41) is 0.0548. The number of H-pyrrole nitrogens is 1. The molecule has 1 aliphatic rings. The highest BCUT2D eigenvalue weighted by molar-refractivity contribution is 7.92. The molecule has 0 radical (unpaired) electrons. The van der Waals surface area contributed by atoms with Gasteiger partial charge in [-0.2, -0.15) is 0 Å². The number of anilines is 1. The summed E-state index contributed by atoms with van der Waals surface area (Å²) in [5.74, 6) is -1.21. The molecular formula is C22H19ClF2N6O3S. The first kappa shape index (κ1) is 23.2. The Morgan fingerprint density at radius 2 is 2.06 bits per heavy atom. The van der Waals surface area contributed by atoms with Crippen molar-refractivity contribution in [1.82, 2.24) is 24.5 Å². The SMILES string of the molecule is COc1ncc(Cl)cc1S(=O)(=O)Nc1ccc(F)c([C@H]2CCn3c(cnc3-c3ncc[nH]3)C2)c1F. The number of nitrogens with zero attached hydrogens (tertiary/aromatic N) is 4. The van der Waals surface area contributed by atoms with Crippen molar-refractivity contribution in [3.63, 3.8) is 0 Å². The molecule has 0 aliphatic carbocycles. The Labute approximate surface area is 204 Å². The monoisotopic (exact) mass is 520 g/mol. The summed E-state index contributed by atoms with van der Waals surface area (Å²) in [6.07, 6.45) is 6.94. The Morgan fingerprint density at radius 3 is 2.80 bits per heavy atom. The molecule has 0 saturated heterocycles. The van der Waals surface area contributed by atoms with Crippen LogP contribution in [0.2, 0.25) is 5.02 Å². The van der Waals surface area contributed by atoms with E-state index in [-0.39, 0.29) is 21.4 Å². The molecule has 4 aromatic rings. The van der Waals surface area contributed by atoms with E-state index in [0.29, 0.717) is 31.0 Å². The lowest BCUT2D eigenvalue weighted by Crippen LogP contribution is -2.21. The number of aromatic amines is 1. The molecule has 9 nitrogen and oxygen atoms in total. The number of rotatable bonds is 6. The molecule has 1 atom stereocenters. The van der Waals surface area contributed by atoms with Gasteiger partial charge in [-0.3, -0.25) is 4.72 Å². The Balaban J connectivity index is 1.46. The van der Waals surface area contributed by atoms with Gasteiger partial charge < -0.3 is 14.3 Å². The maximum Gasteiger partial charge on any atom is 0.267 e. The summed E-state index contributed by atoms with van der Waals surface area (Å²) in [5.41, 5.74) is 0.222. The number of pyridine rings is 1. The third kappa shape index (κ3) is 4.23. The van der Waals surface area contributed by atoms with Gasteiger partial charge in [0, 0.05) is 42.6 Å². The molecule has 2 N–H and O–H groups in total. The van der Waals surface area contributed by atoms with Gasteiger partial charge >= 0.3 is 0 Å². The van der Waals surface area contributed by atoms with Gasteiger partial charge in [0.05, 0.1) is 17.8 Å². The minimum absolute atomic E-state index is 0.0548. The molecule has 0 amide bonds. The van der Waals surface area contributed by atoms with Gasteiger partial charge in [-0.15, -0.1) is 0 Å². The number of nitrogens with one attached hydrogen (secondary N) is 2. The summed E-state index contributed by atoms with van der Waals surface area (Å²) in [6, 6.07) is 3.22. The van der Waals surface area contributed by atoms with Crippen LogP contribution in [0.3, 0.4) is 0 Å². The van der Waals surface area contributed by atoms with Gasteiger partial charge in [0.1, 0.15) is 5.82 Å². The van der Waals surface area contributed by atoms with Crippen LogP contribution < -0.4 is 9.46 Å². The number of benzene rings is 1. The minimum Gasteiger partial charge on any atom is -0.480 e. The third-order valence-corrected chi connectivity index (χ3v) is 7.42. The van der Waals surface area contributed by atoms with Crippen LogP contribution in [0.4, 0.5) is 14.5 Å². The van der Waals surface area contributed by atoms with Crippen LogP contribution in [0.25, 0.3) is 11.6 Å². The van der Waals surface area contributed by atoms with Crippen LogP contribution in [0.1, 0.15) is 23.6 Å². The molecule has 5 rings (SSSR count). The maximum atomic E-state index is 15.6. The molecule has 0 spiro atoms. The van der Waals surface area contributed by atoms with Crippen LogP contribution in [0, 0.1) is 11.6 Å². The zero-order valence-electron chi connectivity index (χ0n) is 18.3. The van der Waals surface area contributed by atoms with Crippen molar-refractivity contribution in [3.8, 4) is 17.5 Å². The predicted molar refractivity (Wildman–Crippen MR) is 124 cm³/mol.